The molecule has 1 atom stereocenters. The van der Waals surface area contributed by atoms with Crippen LogP contribution in [0.25, 0.3) is 0 Å². The highest BCUT2D eigenvalue weighted by Gasteiger charge is 2.16. The highest BCUT2D eigenvalue weighted by atomic mass is 35.5. The first-order chi connectivity index (χ1) is 9.25. The molecule has 1 aromatic rings. The van der Waals surface area contributed by atoms with Crippen molar-refractivity contribution in [2.75, 3.05) is 11.6 Å². The van der Waals surface area contributed by atoms with Crippen molar-refractivity contribution in [3.63, 3.8) is 0 Å². The van der Waals surface area contributed by atoms with E-state index in [4.69, 9.17) is 17.3 Å². The second kappa shape index (κ2) is 7.06. The van der Waals surface area contributed by atoms with E-state index in [1.165, 1.54) is 18.2 Å². The number of sulfone groups is 1. The van der Waals surface area contributed by atoms with Gasteiger partial charge in [-0.3, -0.25) is 4.79 Å². The minimum atomic E-state index is -3.35. The van der Waals surface area contributed by atoms with Crippen LogP contribution >= 0.6 is 11.6 Å². The molecule has 0 unspecified atom stereocenters. The Morgan fingerprint density at radius 3 is 2.65 bits per heavy atom. The lowest BCUT2D eigenvalue weighted by Crippen LogP contribution is -2.35. The van der Waals surface area contributed by atoms with Gasteiger partial charge in [0.1, 0.15) is 0 Å². The Labute approximate surface area is 124 Å². The molecule has 3 N–H and O–H groups in total. The Morgan fingerprint density at radius 2 is 2.10 bits per heavy atom. The van der Waals surface area contributed by atoms with Gasteiger partial charge < -0.3 is 11.1 Å². The molecular formula is C13H19ClN2O3S. The van der Waals surface area contributed by atoms with Gasteiger partial charge in [0.05, 0.1) is 21.6 Å². The molecule has 0 fully saturated rings. The van der Waals surface area contributed by atoms with Crippen LogP contribution in [0.1, 0.15) is 26.2 Å². The Balaban J connectivity index is 2.89. The predicted octanol–water partition coefficient (Wildman–Crippen LogP) is 2.20. The fraction of sp³-hybridized carbons (Fsp3) is 0.462. The zero-order valence-electron chi connectivity index (χ0n) is 11.5. The molecule has 0 aliphatic carbocycles. The number of halogens is 1. The molecule has 20 heavy (non-hydrogen) atoms. The van der Waals surface area contributed by atoms with E-state index in [1.54, 1.807) is 0 Å². The number of amides is 1. The topological polar surface area (TPSA) is 89.3 Å². The van der Waals surface area contributed by atoms with Gasteiger partial charge in [0, 0.05) is 6.26 Å². The third-order valence-corrected chi connectivity index (χ3v) is 4.27. The predicted molar refractivity (Wildman–Crippen MR) is 80.7 cm³/mol. The second-order valence-corrected chi connectivity index (χ2v) is 7.07. The maximum atomic E-state index is 11.9. The normalized spacial score (nSPS) is 13.0. The highest BCUT2D eigenvalue weighted by molar-refractivity contribution is 7.90. The summed E-state index contributed by atoms with van der Waals surface area (Å²) < 4.78 is 23.0. The molecule has 112 valence electrons. The molecule has 0 heterocycles. The van der Waals surface area contributed by atoms with E-state index in [2.05, 4.69) is 5.32 Å². The molecule has 0 spiro atoms. The van der Waals surface area contributed by atoms with Crippen LogP contribution in [0.2, 0.25) is 5.02 Å². The van der Waals surface area contributed by atoms with Gasteiger partial charge in [-0.15, -0.1) is 0 Å². The number of anilines is 1. The molecule has 0 bridgehead atoms. The monoisotopic (exact) mass is 318 g/mol. The lowest BCUT2D eigenvalue weighted by molar-refractivity contribution is -0.117. The van der Waals surface area contributed by atoms with Crippen molar-refractivity contribution in [3.8, 4) is 0 Å². The highest BCUT2D eigenvalue weighted by Crippen LogP contribution is 2.25. The summed E-state index contributed by atoms with van der Waals surface area (Å²) in [5.41, 5.74) is 6.01. The van der Waals surface area contributed by atoms with Gasteiger partial charge in [-0.2, -0.15) is 0 Å². The molecule has 1 aromatic carbocycles. The van der Waals surface area contributed by atoms with Gasteiger partial charge in [-0.25, -0.2) is 8.42 Å². The molecule has 0 saturated heterocycles. The third kappa shape index (κ3) is 4.77. The number of hydrogen-bond donors (Lipinski definition) is 2. The summed E-state index contributed by atoms with van der Waals surface area (Å²) in [6, 6.07) is 3.53. The van der Waals surface area contributed by atoms with E-state index in [0.717, 1.165) is 19.1 Å². The van der Waals surface area contributed by atoms with Gasteiger partial charge in [0.25, 0.3) is 0 Å². The van der Waals surface area contributed by atoms with Crippen LogP contribution in [-0.2, 0) is 14.6 Å². The Hall–Kier alpha value is -1.11. The van der Waals surface area contributed by atoms with Crippen molar-refractivity contribution in [1.82, 2.24) is 0 Å². The zero-order valence-corrected chi connectivity index (χ0v) is 13.1. The van der Waals surface area contributed by atoms with Crippen LogP contribution in [0, 0.1) is 0 Å². The summed E-state index contributed by atoms with van der Waals surface area (Å²) in [5.74, 6) is -0.369. The fourth-order valence-electron chi connectivity index (χ4n) is 1.61. The first-order valence-electron chi connectivity index (χ1n) is 6.31. The summed E-state index contributed by atoms with van der Waals surface area (Å²) in [6.45, 7) is 2.01. The van der Waals surface area contributed by atoms with Gasteiger partial charge in [0.2, 0.25) is 5.91 Å². The van der Waals surface area contributed by atoms with Crippen molar-refractivity contribution in [2.24, 2.45) is 5.73 Å². The molecule has 0 radical (unpaired) electrons. The number of carbonyl (C=O) groups excluding carboxylic acids is 1. The number of nitrogens with one attached hydrogen (secondary N) is 1. The Morgan fingerprint density at radius 1 is 1.45 bits per heavy atom. The molecule has 0 aliphatic heterocycles. The molecule has 0 aromatic heterocycles. The van der Waals surface area contributed by atoms with Crippen molar-refractivity contribution in [3.05, 3.63) is 23.2 Å². The van der Waals surface area contributed by atoms with Gasteiger partial charge >= 0.3 is 0 Å². The summed E-state index contributed by atoms with van der Waals surface area (Å²) in [6.07, 6.45) is 3.47. The molecule has 0 saturated carbocycles. The average Bonchev–Trinajstić information content (AvgIpc) is 2.37. The number of unbranched alkanes of at least 4 members (excludes halogenated alkanes) is 1. The smallest absolute Gasteiger partial charge is 0.241 e. The Bertz CT molecular complexity index is 587. The number of hydrogen-bond acceptors (Lipinski definition) is 4. The van der Waals surface area contributed by atoms with Crippen LogP contribution in [0.3, 0.4) is 0 Å². The quantitative estimate of drug-likeness (QED) is 0.841. The van der Waals surface area contributed by atoms with Crippen LogP contribution in [0.4, 0.5) is 5.69 Å². The largest absolute Gasteiger partial charge is 0.323 e. The van der Waals surface area contributed by atoms with Gasteiger partial charge in [0.15, 0.2) is 9.84 Å². The zero-order chi connectivity index (χ0) is 15.3. The minimum Gasteiger partial charge on any atom is -0.323 e. The van der Waals surface area contributed by atoms with Crippen molar-refractivity contribution >= 4 is 33.0 Å². The van der Waals surface area contributed by atoms with Crippen LogP contribution in [0.5, 0.6) is 0 Å². The fourth-order valence-corrected chi connectivity index (χ4v) is 2.42. The standard InChI is InChI=1S/C13H19ClN2O3S/c1-3-4-5-11(15)13(17)16-12-8-9(20(2,18)19)6-7-10(12)14/h6-8,11H,3-5,15H2,1-2H3,(H,16,17)/t11-/m0/s1. The number of rotatable bonds is 6. The molecular weight excluding hydrogens is 300 g/mol. The van der Waals surface area contributed by atoms with E-state index < -0.39 is 15.9 Å². The van der Waals surface area contributed by atoms with E-state index >= 15 is 0 Å². The summed E-state index contributed by atoms with van der Waals surface area (Å²) in [7, 11) is -3.35. The minimum absolute atomic E-state index is 0.0966. The van der Waals surface area contributed by atoms with Crippen LogP contribution in [-0.4, -0.2) is 26.6 Å². The van der Waals surface area contributed by atoms with E-state index in [1.807, 2.05) is 6.92 Å². The molecule has 5 nitrogen and oxygen atoms in total. The second-order valence-electron chi connectivity index (χ2n) is 4.65. The molecule has 1 rings (SSSR count). The SMILES string of the molecule is CCCC[C@H](N)C(=O)Nc1cc(S(C)(=O)=O)ccc1Cl. The van der Waals surface area contributed by atoms with Crippen LogP contribution in [0.15, 0.2) is 23.1 Å². The molecule has 0 aliphatic rings. The molecule has 7 heteroatoms. The van der Waals surface area contributed by atoms with Crippen molar-refractivity contribution < 1.29 is 13.2 Å². The maximum Gasteiger partial charge on any atom is 0.241 e. The lowest BCUT2D eigenvalue weighted by Gasteiger charge is -2.13. The van der Waals surface area contributed by atoms with Gasteiger partial charge in [-0.1, -0.05) is 31.4 Å². The lowest BCUT2D eigenvalue weighted by atomic mass is 10.1. The number of carbonyl (C=O) groups is 1. The summed E-state index contributed by atoms with van der Waals surface area (Å²) in [4.78, 5) is 12.0. The number of nitrogens with two attached hydrogens (primary N) is 1. The first kappa shape index (κ1) is 16.9. The third-order valence-electron chi connectivity index (χ3n) is 2.83. The van der Waals surface area contributed by atoms with Gasteiger partial charge in [-0.05, 0) is 24.6 Å². The average molecular weight is 319 g/mol. The van der Waals surface area contributed by atoms with E-state index in [9.17, 15) is 13.2 Å². The van der Waals surface area contributed by atoms with E-state index in [0.29, 0.717) is 6.42 Å². The number of benzene rings is 1. The Kier molecular flexibility index (Phi) is 5.98. The first-order valence-corrected chi connectivity index (χ1v) is 8.58. The van der Waals surface area contributed by atoms with Crippen LogP contribution < -0.4 is 11.1 Å². The van der Waals surface area contributed by atoms with E-state index in [-0.39, 0.29) is 21.5 Å². The molecule has 1 amide bonds. The van der Waals surface area contributed by atoms with Crippen molar-refractivity contribution in [1.29, 1.82) is 0 Å². The summed E-state index contributed by atoms with van der Waals surface area (Å²) in [5, 5.41) is 2.84. The summed E-state index contributed by atoms with van der Waals surface area (Å²) >= 11 is 5.95. The van der Waals surface area contributed by atoms with Crippen molar-refractivity contribution in [2.45, 2.75) is 37.1 Å². The maximum absolute atomic E-state index is 11.9.